The van der Waals surface area contributed by atoms with E-state index in [1.54, 1.807) is 24.3 Å². The lowest BCUT2D eigenvalue weighted by atomic mass is 10.1. The molecule has 47 heavy (non-hydrogen) atoms. The van der Waals surface area contributed by atoms with Gasteiger partial charge in [0.05, 0.1) is 29.6 Å². The summed E-state index contributed by atoms with van der Waals surface area (Å²) in [7, 11) is -3.57. The van der Waals surface area contributed by atoms with Crippen molar-refractivity contribution in [3.05, 3.63) is 96.1 Å². The van der Waals surface area contributed by atoms with Crippen LogP contribution in [-0.2, 0) is 10.1 Å². The molecule has 0 atom stereocenters. The molecule has 0 saturated heterocycles. The molecule has 0 fully saturated rings. The van der Waals surface area contributed by atoms with Gasteiger partial charge in [0.2, 0.25) is 0 Å². The molecule has 5 aromatic carbocycles. The summed E-state index contributed by atoms with van der Waals surface area (Å²) in [5.74, 6) is -2.73. The fourth-order valence-corrected chi connectivity index (χ4v) is 5.05. The summed E-state index contributed by atoms with van der Waals surface area (Å²) >= 11 is 0. The number of nitrogens with one attached hydrogen (secondary N) is 1. The number of fused-ring (bicyclic) bond motifs is 1. The quantitative estimate of drug-likeness (QED) is 0.0492. The molecule has 7 N–H and O–H groups in total. The van der Waals surface area contributed by atoms with Crippen LogP contribution in [0.4, 0.5) is 39.8 Å². The maximum Gasteiger partial charge on any atom is 0.335 e. The van der Waals surface area contributed by atoms with Gasteiger partial charge in [0.25, 0.3) is 10.1 Å². The van der Waals surface area contributed by atoms with Crippen LogP contribution in [-0.4, -0.2) is 47.3 Å². The molecule has 0 saturated carbocycles. The number of aromatic hydroxyl groups is 1. The molecule has 5 rings (SSSR count). The van der Waals surface area contributed by atoms with Gasteiger partial charge in [-0.1, -0.05) is 12.1 Å². The highest BCUT2D eigenvalue weighted by Gasteiger charge is 2.23. The van der Waals surface area contributed by atoms with Crippen LogP contribution in [0.1, 0.15) is 20.7 Å². The number of hydrogen-bond acceptors (Lipinski definition) is 12. The summed E-state index contributed by atoms with van der Waals surface area (Å²) in [6, 6.07) is 20.1. The first-order valence-electron chi connectivity index (χ1n) is 13.4. The molecular formula is C31H24N6O9S. The van der Waals surface area contributed by atoms with E-state index in [1.807, 2.05) is 0 Å². The number of aromatic carboxylic acids is 2. The standard InChI is InChI=1S/C31H24N6O9S/c1-46-26-15-24(35-34-21-4-2-3-18(11-21)31(41)42)23(32)14-25(26)36-37-28-27(47(43,44)45)12-17-7-10-20(13-22(17)29(28)38)33-19-8-5-16(6-9-19)30(39)40/h2-15,33,38H,32H2,1H3,(H,39,40)(H,41,42)(H,43,44,45). The zero-order valence-electron chi connectivity index (χ0n) is 24.2. The van der Waals surface area contributed by atoms with E-state index in [0.717, 1.165) is 6.07 Å². The topological polar surface area (TPSA) is 246 Å². The van der Waals surface area contributed by atoms with Gasteiger partial charge < -0.3 is 31.1 Å². The van der Waals surface area contributed by atoms with Gasteiger partial charge in [0.1, 0.15) is 27.7 Å². The van der Waals surface area contributed by atoms with Crippen LogP contribution < -0.4 is 15.8 Å². The van der Waals surface area contributed by atoms with E-state index in [2.05, 4.69) is 25.8 Å². The Morgan fingerprint density at radius 2 is 1.47 bits per heavy atom. The van der Waals surface area contributed by atoms with Crippen LogP contribution in [0.25, 0.3) is 10.8 Å². The maximum absolute atomic E-state index is 12.3. The lowest BCUT2D eigenvalue weighted by molar-refractivity contribution is 0.0686. The Kier molecular flexibility index (Phi) is 8.80. The van der Waals surface area contributed by atoms with E-state index >= 15 is 0 Å². The average Bonchev–Trinajstić information content (AvgIpc) is 3.03. The van der Waals surface area contributed by atoms with Gasteiger partial charge in [-0.05, 0) is 72.1 Å². The molecule has 0 aliphatic heterocycles. The van der Waals surface area contributed by atoms with Gasteiger partial charge in [0.15, 0.2) is 5.75 Å². The number of benzene rings is 5. The van der Waals surface area contributed by atoms with Crippen LogP contribution in [0.15, 0.2) is 110 Å². The van der Waals surface area contributed by atoms with E-state index in [1.165, 1.54) is 61.7 Å². The predicted molar refractivity (Wildman–Crippen MR) is 171 cm³/mol. The number of hydrogen-bond donors (Lipinski definition) is 6. The Labute approximate surface area is 266 Å². The number of phenolic OH excluding ortho intramolecular Hbond substituents is 1. The summed E-state index contributed by atoms with van der Waals surface area (Å²) in [4.78, 5) is 21.7. The third-order valence-electron chi connectivity index (χ3n) is 6.70. The number of nitrogens with zero attached hydrogens (tertiary/aromatic N) is 4. The van der Waals surface area contributed by atoms with Crippen molar-refractivity contribution in [2.24, 2.45) is 20.5 Å². The van der Waals surface area contributed by atoms with Crippen LogP contribution >= 0.6 is 0 Å². The molecule has 5 aromatic rings. The number of carboxylic acid groups (broad SMARTS) is 2. The first-order chi connectivity index (χ1) is 22.3. The molecule has 0 heterocycles. The molecule has 0 unspecified atom stereocenters. The van der Waals surface area contributed by atoms with Crippen molar-refractivity contribution in [3.8, 4) is 11.5 Å². The number of ether oxygens (including phenoxy) is 1. The van der Waals surface area contributed by atoms with Gasteiger partial charge in [-0.2, -0.15) is 13.5 Å². The number of anilines is 3. The van der Waals surface area contributed by atoms with E-state index in [0.29, 0.717) is 11.4 Å². The third kappa shape index (κ3) is 7.14. The largest absolute Gasteiger partial charge is 0.505 e. The molecular weight excluding hydrogens is 632 g/mol. The summed E-state index contributed by atoms with van der Waals surface area (Å²) < 4.78 is 39.9. The molecule has 0 bridgehead atoms. The van der Waals surface area contributed by atoms with E-state index in [-0.39, 0.29) is 50.4 Å². The van der Waals surface area contributed by atoms with Gasteiger partial charge >= 0.3 is 11.9 Å². The second-order valence-electron chi connectivity index (χ2n) is 9.83. The van der Waals surface area contributed by atoms with Crippen molar-refractivity contribution in [2.75, 3.05) is 18.2 Å². The van der Waals surface area contributed by atoms with Gasteiger partial charge in [0, 0.05) is 22.8 Å². The first-order valence-corrected chi connectivity index (χ1v) is 14.8. The highest BCUT2D eigenvalue weighted by Crippen LogP contribution is 2.44. The third-order valence-corrected chi connectivity index (χ3v) is 7.57. The second-order valence-corrected chi connectivity index (χ2v) is 11.2. The van der Waals surface area contributed by atoms with Crippen molar-refractivity contribution < 1.29 is 42.6 Å². The number of rotatable bonds is 10. The van der Waals surface area contributed by atoms with Crippen molar-refractivity contribution in [1.29, 1.82) is 0 Å². The Morgan fingerprint density at radius 1 is 0.787 bits per heavy atom. The molecule has 0 aliphatic rings. The summed E-state index contributed by atoms with van der Waals surface area (Å²) in [5.41, 5.74) is 7.17. The molecule has 15 nitrogen and oxygen atoms in total. The minimum Gasteiger partial charge on any atom is -0.505 e. The number of nitrogens with two attached hydrogens (primary N) is 1. The van der Waals surface area contributed by atoms with Gasteiger partial charge in [-0.3, -0.25) is 4.55 Å². The minimum atomic E-state index is -4.89. The fourth-order valence-electron chi connectivity index (χ4n) is 4.39. The summed E-state index contributed by atoms with van der Waals surface area (Å²) in [6.45, 7) is 0. The first kappa shape index (κ1) is 32.0. The number of methoxy groups -OCH3 is 1. The Bertz CT molecular complexity index is 2220. The highest BCUT2D eigenvalue weighted by molar-refractivity contribution is 7.86. The zero-order chi connectivity index (χ0) is 33.9. The van der Waals surface area contributed by atoms with Crippen LogP contribution in [0, 0.1) is 0 Å². The van der Waals surface area contributed by atoms with Gasteiger partial charge in [-0.15, -0.1) is 15.3 Å². The number of azo groups is 2. The lowest BCUT2D eigenvalue weighted by Gasteiger charge is -2.12. The molecule has 0 amide bonds. The van der Waals surface area contributed by atoms with Crippen molar-refractivity contribution >= 4 is 72.6 Å². The van der Waals surface area contributed by atoms with Crippen LogP contribution in [0.5, 0.6) is 11.5 Å². The molecule has 0 aliphatic carbocycles. The maximum atomic E-state index is 12.3. The predicted octanol–water partition coefficient (Wildman–Crippen LogP) is 7.35. The number of carboxylic acids is 2. The molecule has 238 valence electrons. The molecule has 0 radical (unpaired) electrons. The normalized spacial score (nSPS) is 11.7. The second kappa shape index (κ2) is 12.9. The molecule has 16 heteroatoms. The minimum absolute atomic E-state index is 0.0119. The lowest BCUT2D eigenvalue weighted by Crippen LogP contribution is -1.99. The Hall–Kier alpha value is -6.39. The van der Waals surface area contributed by atoms with Crippen molar-refractivity contribution in [3.63, 3.8) is 0 Å². The Balaban J connectivity index is 1.51. The highest BCUT2D eigenvalue weighted by atomic mass is 32.2. The van der Waals surface area contributed by atoms with Crippen molar-refractivity contribution in [1.82, 2.24) is 0 Å². The number of carbonyl (C=O) groups is 2. The number of nitrogen functional groups attached to an aromatic ring is 1. The molecule has 0 aromatic heterocycles. The van der Waals surface area contributed by atoms with Crippen molar-refractivity contribution in [2.45, 2.75) is 4.90 Å². The fraction of sp³-hybridized carbons (Fsp3) is 0.0323. The molecule has 0 spiro atoms. The smallest absolute Gasteiger partial charge is 0.335 e. The summed E-state index contributed by atoms with van der Waals surface area (Å²) in [6.07, 6.45) is 0. The van der Waals surface area contributed by atoms with E-state index < -0.39 is 38.4 Å². The monoisotopic (exact) mass is 656 g/mol. The Morgan fingerprint density at radius 3 is 2.13 bits per heavy atom. The number of phenols is 1. The zero-order valence-corrected chi connectivity index (χ0v) is 25.0. The van der Waals surface area contributed by atoms with E-state index in [9.17, 15) is 32.8 Å². The van der Waals surface area contributed by atoms with Crippen LogP contribution in [0.2, 0.25) is 0 Å². The SMILES string of the molecule is COc1cc(N=Nc2cccc(C(=O)O)c2)c(N)cc1N=Nc1c(S(=O)(=O)O)cc2ccc(Nc3ccc(C(=O)O)cc3)cc2c1O. The average molecular weight is 657 g/mol. The van der Waals surface area contributed by atoms with E-state index in [4.69, 9.17) is 15.6 Å². The van der Waals surface area contributed by atoms with Gasteiger partial charge in [-0.25, -0.2) is 9.59 Å². The van der Waals surface area contributed by atoms with Crippen LogP contribution in [0.3, 0.4) is 0 Å². The summed E-state index contributed by atoms with van der Waals surface area (Å²) in [5, 5.41) is 49.0.